The SMILES string of the molecule is COc1cccc(OC)c1C(=O)NCCN(c1cc(C)on1)S(C)(=O)=O. The number of hydrogen-bond donors (Lipinski definition) is 1. The van der Waals surface area contributed by atoms with Crippen LogP contribution in [0.1, 0.15) is 16.1 Å². The van der Waals surface area contributed by atoms with Crippen LogP contribution >= 0.6 is 0 Å². The summed E-state index contributed by atoms with van der Waals surface area (Å²) >= 11 is 0. The van der Waals surface area contributed by atoms with Gasteiger partial charge in [0.1, 0.15) is 22.8 Å². The molecule has 0 spiro atoms. The van der Waals surface area contributed by atoms with Gasteiger partial charge in [-0.15, -0.1) is 0 Å². The van der Waals surface area contributed by atoms with Crippen LogP contribution in [0.3, 0.4) is 0 Å². The minimum Gasteiger partial charge on any atom is -0.496 e. The summed E-state index contributed by atoms with van der Waals surface area (Å²) in [6.07, 6.45) is 1.06. The third-order valence-corrected chi connectivity index (χ3v) is 4.70. The van der Waals surface area contributed by atoms with Crippen LogP contribution in [-0.2, 0) is 10.0 Å². The van der Waals surface area contributed by atoms with E-state index in [-0.39, 0.29) is 24.5 Å². The van der Waals surface area contributed by atoms with E-state index >= 15 is 0 Å². The third-order valence-electron chi connectivity index (χ3n) is 3.53. The van der Waals surface area contributed by atoms with Crippen molar-refractivity contribution in [3.05, 3.63) is 35.6 Å². The summed E-state index contributed by atoms with van der Waals surface area (Å²) in [4.78, 5) is 12.5. The largest absolute Gasteiger partial charge is 0.496 e. The summed E-state index contributed by atoms with van der Waals surface area (Å²) < 4.78 is 40.3. The molecular weight excluding hydrogens is 362 g/mol. The van der Waals surface area contributed by atoms with Crippen molar-refractivity contribution < 1.29 is 27.2 Å². The van der Waals surface area contributed by atoms with Gasteiger partial charge in [0, 0.05) is 12.6 Å². The summed E-state index contributed by atoms with van der Waals surface area (Å²) in [7, 11) is -0.686. The normalized spacial score (nSPS) is 11.1. The third kappa shape index (κ3) is 4.45. The number of amides is 1. The van der Waals surface area contributed by atoms with Crippen LogP contribution in [0, 0.1) is 6.92 Å². The molecule has 26 heavy (non-hydrogen) atoms. The maximum absolute atomic E-state index is 12.5. The average Bonchev–Trinajstić information content (AvgIpc) is 3.02. The Morgan fingerprint density at radius 2 is 1.88 bits per heavy atom. The number of aromatic nitrogens is 1. The van der Waals surface area contributed by atoms with Crippen molar-refractivity contribution in [2.24, 2.45) is 0 Å². The second-order valence-corrected chi connectivity index (χ2v) is 7.33. The zero-order valence-corrected chi connectivity index (χ0v) is 15.8. The van der Waals surface area contributed by atoms with Crippen molar-refractivity contribution >= 4 is 21.7 Å². The Balaban J connectivity index is 2.12. The molecule has 142 valence electrons. The molecule has 1 heterocycles. The lowest BCUT2D eigenvalue weighted by molar-refractivity contribution is 0.0948. The zero-order valence-electron chi connectivity index (χ0n) is 15.0. The van der Waals surface area contributed by atoms with E-state index in [0.29, 0.717) is 17.3 Å². The van der Waals surface area contributed by atoms with Crippen LogP contribution in [0.4, 0.5) is 5.82 Å². The van der Waals surface area contributed by atoms with E-state index in [9.17, 15) is 13.2 Å². The molecule has 0 atom stereocenters. The second kappa shape index (κ2) is 8.09. The Morgan fingerprint density at radius 3 is 2.35 bits per heavy atom. The smallest absolute Gasteiger partial charge is 0.258 e. The molecule has 1 aromatic carbocycles. The summed E-state index contributed by atoms with van der Waals surface area (Å²) in [6.45, 7) is 1.71. The number of nitrogens with one attached hydrogen (secondary N) is 1. The number of aryl methyl sites for hydroxylation is 1. The van der Waals surface area contributed by atoms with Gasteiger partial charge in [0.05, 0.1) is 27.0 Å². The molecule has 0 aliphatic heterocycles. The standard InChI is InChI=1S/C16H21N3O6S/c1-11-10-14(18-25-11)19(26(4,21)22)9-8-17-16(20)15-12(23-2)6-5-7-13(15)24-3/h5-7,10H,8-9H2,1-4H3,(H,17,20). The van der Waals surface area contributed by atoms with E-state index in [1.54, 1.807) is 25.1 Å². The molecule has 1 aromatic heterocycles. The monoisotopic (exact) mass is 383 g/mol. The van der Waals surface area contributed by atoms with Crippen molar-refractivity contribution in [3.8, 4) is 11.5 Å². The molecule has 1 N–H and O–H groups in total. The van der Waals surface area contributed by atoms with Gasteiger partial charge in [0.2, 0.25) is 10.0 Å². The number of rotatable bonds is 8. The van der Waals surface area contributed by atoms with Crippen molar-refractivity contribution in [2.45, 2.75) is 6.92 Å². The Morgan fingerprint density at radius 1 is 1.27 bits per heavy atom. The fourth-order valence-electron chi connectivity index (χ4n) is 2.36. The van der Waals surface area contributed by atoms with E-state index in [2.05, 4.69) is 10.5 Å². The number of sulfonamides is 1. The molecule has 1 amide bonds. The molecule has 2 rings (SSSR count). The fraction of sp³-hybridized carbons (Fsp3) is 0.375. The van der Waals surface area contributed by atoms with Gasteiger partial charge < -0.3 is 19.3 Å². The molecule has 0 aliphatic carbocycles. The van der Waals surface area contributed by atoms with Crippen LogP contribution in [0.25, 0.3) is 0 Å². The topological polar surface area (TPSA) is 111 Å². The zero-order chi connectivity index (χ0) is 19.3. The van der Waals surface area contributed by atoms with Crippen LogP contribution in [0.2, 0.25) is 0 Å². The summed E-state index contributed by atoms with van der Waals surface area (Å²) in [5.74, 6) is 0.914. The molecule has 2 aromatic rings. The quantitative estimate of drug-likeness (QED) is 0.729. The Hall–Kier alpha value is -2.75. The first-order chi connectivity index (χ1) is 12.3. The van der Waals surface area contributed by atoms with Crippen molar-refractivity contribution in [2.75, 3.05) is 37.9 Å². The summed E-state index contributed by atoms with van der Waals surface area (Å²) in [5.41, 5.74) is 0.237. The van der Waals surface area contributed by atoms with Gasteiger partial charge in [-0.25, -0.2) is 12.7 Å². The first kappa shape index (κ1) is 19.6. The van der Waals surface area contributed by atoms with Crippen molar-refractivity contribution in [1.29, 1.82) is 0 Å². The van der Waals surface area contributed by atoms with Gasteiger partial charge in [-0.3, -0.25) is 4.79 Å². The fourth-order valence-corrected chi connectivity index (χ4v) is 3.20. The van der Waals surface area contributed by atoms with Gasteiger partial charge in [-0.2, -0.15) is 0 Å². The Bertz CT molecular complexity index is 856. The lowest BCUT2D eigenvalue weighted by Crippen LogP contribution is -2.38. The Kier molecular flexibility index (Phi) is 6.09. The van der Waals surface area contributed by atoms with Crippen LogP contribution in [0.5, 0.6) is 11.5 Å². The summed E-state index contributed by atoms with van der Waals surface area (Å²) in [5, 5.41) is 6.38. The highest BCUT2D eigenvalue weighted by Gasteiger charge is 2.22. The molecule has 0 saturated carbocycles. The molecule has 10 heteroatoms. The van der Waals surface area contributed by atoms with E-state index in [0.717, 1.165) is 10.6 Å². The van der Waals surface area contributed by atoms with Crippen LogP contribution in [0.15, 0.2) is 28.8 Å². The molecule has 0 unspecified atom stereocenters. The lowest BCUT2D eigenvalue weighted by Gasteiger charge is -2.19. The average molecular weight is 383 g/mol. The first-order valence-electron chi connectivity index (χ1n) is 7.68. The maximum atomic E-state index is 12.5. The number of methoxy groups -OCH3 is 2. The maximum Gasteiger partial charge on any atom is 0.258 e. The predicted molar refractivity (Wildman–Crippen MR) is 95.3 cm³/mol. The molecule has 0 saturated heterocycles. The van der Waals surface area contributed by atoms with Gasteiger partial charge in [-0.05, 0) is 19.1 Å². The summed E-state index contributed by atoms with van der Waals surface area (Å²) in [6, 6.07) is 6.48. The molecule has 9 nitrogen and oxygen atoms in total. The number of benzene rings is 1. The highest BCUT2D eigenvalue weighted by molar-refractivity contribution is 7.92. The number of hydrogen-bond acceptors (Lipinski definition) is 7. The minimum atomic E-state index is -3.58. The molecule has 0 aliphatic rings. The predicted octanol–water partition coefficient (Wildman–Crippen LogP) is 1.20. The number of carbonyl (C=O) groups is 1. The van der Waals surface area contributed by atoms with Gasteiger partial charge in [0.15, 0.2) is 5.82 Å². The van der Waals surface area contributed by atoms with Crippen LogP contribution in [-0.4, -0.2) is 53.0 Å². The van der Waals surface area contributed by atoms with Gasteiger partial charge in [-0.1, -0.05) is 11.2 Å². The lowest BCUT2D eigenvalue weighted by atomic mass is 10.1. The molecule has 0 fully saturated rings. The molecular formula is C16H21N3O6S. The first-order valence-corrected chi connectivity index (χ1v) is 9.53. The van der Waals surface area contributed by atoms with E-state index in [4.69, 9.17) is 14.0 Å². The number of anilines is 1. The number of nitrogens with zero attached hydrogens (tertiary/aromatic N) is 2. The van der Waals surface area contributed by atoms with Crippen LogP contribution < -0.4 is 19.1 Å². The van der Waals surface area contributed by atoms with E-state index < -0.39 is 15.9 Å². The number of ether oxygens (including phenoxy) is 2. The Labute approximate surface area is 151 Å². The minimum absolute atomic E-state index is 0.00594. The highest BCUT2D eigenvalue weighted by Crippen LogP contribution is 2.27. The van der Waals surface area contributed by atoms with Gasteiger partial charge in [0.25, 0.3) is 5.91 Å². The number of carbonyl (C=O) groups excluding carboxylic acids is 1. The van der Waals surface area contributed by atoms with Crippen molar-refractivity contribution in [1.82, 2.24) is 10.5 Å². The van der Waals surface area contributed by atoms with E-state index in [1.807, 2.05) is 0 Å². The second-order valence-electron chi connectivity index (χ2n) is 5.42. The molecule has 0 bridgehead atoms. The van der Waals surface area contributed by atoms with E-state index in [1.165, 1.54) is 20.3 Å². The molecule has 0 radical (unpaired) electrons. The van der Waals surface area contributed by atoms with Gasteiger partial charge >= 0.3 is 0 Å². The highest BCUT2D eigenvalue weighted by atomic mass is 32.2. The van der Waals surface area contributed by atoms with Crippen molar-refractivity contribution in [3.63, 3.8) is 0 Å².